The van der Waals surface area contributed by atoms with Crippen molar-refractivity contribution in [2.24, 2.45) is 0 Å². The average molecular weight is 233 g/mol. The second-order valence-electron chi connectivity index (χ2n) is 4.54. The second kappa shape index (κ2) is 5.80. The lowest BCUT2D eigenvalue weighted by atomic mass is 10.2. The van der Waals surface area contributed by atoms with Gasteiger partial charge in [-0.2, -0.15) is 0 Å². The van der Waals surface area contributed by atoms with Gasteiger partial charge in [0, 0.05) is 38.4 Å². The Labute approximate surface area is 102 Å². The first-order valence-electron chi connectivity index (χ1n) is 5.98. The van der Waals surface area contributed by atoms with Crippen LogP contribution in [0.3, 0.4) is 0 Å². The molecule has 92 valence electrons. The van der Waals surface area contributed by atoms with Crippen LogP contribution in [0.1, 0.15) is 5.56 Å². The lowest BCUT2D eigenvalue weighted by molar-refractivity contribution is -0.105. The molecule has 1 heterocycles. The number of nitrogens with one attached hydrogen (secondary N) is 1. The highest BCUT2D eigenvalue weighted by atomic mass is 16.1. The highest BCUT2D eigenvalue weighted by Crippen LogP contribution is 2.12. The van der Waals surface area contributed by atoms with E-state index in [9.17, 15) is 4.79 Å². The maximum atomic E-state index is 10.3. The number of hydrogen-bond acceptors (Lipinski definition) is 3. The minimum Gasteiger partial charge on any atom is -0.329 e. The number of anilines is 1. The summed E-state index contributed by atoms with van der Waals surface area (Å²) < 4.78 is 0. The number of rotatable bonds is 4. The van der Waals surface area contributed by atoms with E-state index in [2.05, 4.69) is 34.3 Å². The molecule has 17 heavy (non-hydrogen) atoms. The zero-order valence-electron chi connectivity index (χ0n) is 10.2. The van der Waals surface area contributed by atoms with Gasteiger partial charge in [-0.15, -0.1) is 0 Å². The molecule has 0 unspecified atom stereocenters. The molecule has 0 aromatic heterocycles. The number of carbonyl (C=O) groups excluding carboxylic acids is 1. The maximum absolute atomic E-state index is 10.3. The zero-order valence-corrected chi connectivity index (χ0v) is 10.2. The third-order valence-electron chi connectivity index (χ3n) is 3.18. The number of amides is 1. The zero-order chi connectivity index (χ0) is 12.1. The average Bonchev–Trinajstić information content (AvgIpc) is 2.35. The van der Waals surface area contributed by atoms with Crippen LogP contribution in [-0.4, -0.2) is 49.4 Å². The Balaban J connectivity index is 1.88. The number of hydrogen-bond donors (Lipinski definition) is 1. The highest BCUT2D eigenvalue weighted by Gasteiger charge is 2.13. The largest absolute Gasteiger partial charge is 0.329 e. The third kappa shape index (κ3) is 3.54. The van der Waals surface area contributed by atoms with E-state index in [0.29, 0.717) is 6.41 Å². The molecule has 1 amide bonds. The maximum Gasteiger partial charge on any atom is 0.211 e. The van der Waals surface area contributed by atoms with Crippen molar-refractivity contribution in [2.75, 3.05) is 38.5 Å². The van der Waals surface area contributed by atoms with Crippen molar-refractivity contribution in [1.82, 2.24) is 9.80 Å². The predicted molar refractivity (Wildman–Crippen MR) is 68.9 cm³/mol. The third-order valence-corrected chi connectivity index (χ3v) is 3.18. The topological polar surface area (TPSA) is 35.6 Å². The van der Waals surface area contributed by atoms with Crippen LogP contribution in [0.2, 0.25) is 0 Å². The molecule has 0 radical (unpaired) electrons. The fraction of sp³-hybridized carbons (Fsp3) is 0.462. The second-order valence-corrected chi connectivity index (χ2v) is 4.54. The molecule has 0 saturated carbocycles. The highest BCUT2D eigenvalue weighted by molar-refractivity contribution is 5.70. The van der Waals surface area contributed by atoms with Crippen LogP contribution in [0.5, 0.6) is 0 Å². The van der Waals surface area contributed by atoms with Gasteiger partial charge < -0.3 is 10.2 Å². The van der Waals surface area contributed by atoms with Crippen molar-refractivity contribution in [2.45, 2.75) is 6.54 Å². The Hall–Kier alpha value is -1.39. The number of nitrogens with zero attached hydrogens (tertiary/aromatic N) is 2. The van der Waals surface area contributed by atoms with Crippen molar-refractivity contribution in [3.63, 3.8) is 0 Å². The molecule has 1 fully saturated rings. The van der Waals surface area contributed by atoms with Gasteiger partial charge in [0.05, 0.1) is 0 Å². The van der Waals surface area contributed by atoms with Gasteiger partial charge in [-0.05, 0) is 24.7 Å². The first-order chi connectivity index (χ1) is 8.28. The van der Waals surface area contributed by atoms with Gasteiger partial charge in [0.25, 0.3) is 0 Å². The van der Waals surface area contributed by atoms with Crippen molar-refractivity contribution < 1.29 is 4.79 Å². The molecule has 1 aliphatic rings. The quantitative estimate of drug-likeness (QED) is 0.788. The van der Waals surface area contributed by atoms with E-state index in [-0.39, 0.29) is 0 Å². The summed E-state index contributed by atoms with van der Waals surface area (Å²) in [5.74, 6) is 0. The van der Waals surface area contributed by atoms with E-state index in [1.807, 2.05) is 12.1 Å². The van der Waals surface area contributed by atoms with Crippen LogP contribution >= 0.6 is 0 Å². The molecule has 4 nitrogen and oxygen atoms in total. The number of piperazine rings is 1. The van der Waals surface area contributed by atoms with Gasteiger partial charge in [-0.25, -0.2) is 0 Å². The molecular formula is C13H19N3O. The molecule has 1 aromatic rings. The van der Waals surface area contributed by atoms with E-state index in [0.717, 1.165) is 38.4 Å². The first kappa shape index (κ1) is 12.1. The Morgan fingerprint density at radius 2 is 1.82 bits per heavy atom. The lowest BCUT2D eigenvalue weighted by Crippen LogP contribution is -2.43. The molecule has 0 atom stereocenters. The summed E-state index contributed by atoms with van der Waals surface area (Å²) in [7, 11) is 2.16. The molecule has 1 aliphatic heterocycles. The molecule has 1 N–H and O–H groups in total. The van der Waals surface area contributed by atoms with Gasteiger partial charge in [0.15, 0.2) is 0 Å². The number of benzene rings is 1. The van der Waals surface area contributed by atoms with Gasteiger partial charge in [-0.3, -0.25) is 9.69 Å². The Bertz CT molecular complexity index is 355. The summed E-state index contributed by atoms with van der Waals surface area (Å²) in [4.78, 5) is 15.1. The predicted octanol–water partition coefficient (Wildman–Crippen LogP) is 1.00. The van der Waals surface area contributed by atoms with Gasteiger partial charge in [-0.1, -0.05) is 12.1 Å². The Morgan fingerprint density at radius 1 is 1.18 bits per heavy atom. The first-order valence-corrected chi connectivity index (χ1v) is 5.98. The van der Waals surface area contributed by atoms with Gasteiger partial charge >= 0.3 is 0 Å². The smallest absolute Gasteiger partial charge is 0.211 e. The molecule has 0 spiro atoms. The SMILES string of the molecule is CN1CCN(Cc2ccc(NC=O)cc2)CC1. The van der Waals surface area contributed by atoms with Crippen LogP contribution in [0, 0.1) is 0 Å². The van der Waals surface area contributed by atoms with Crippen molar-refractivity contribution >= 4 is 12.1 Å². The molecule has 4 heteroatoms. The van der Waals surface area contributed by atoms with E-state index >= 15 is 0 Å². The monoisotopic (exact) mass is 233 g/mol. The van der Waals surface area contributed by atoms with E-state index in [1.54, 1.807) is 0 Å². The minimum absolute atomic E-state index is 0.704. The van der Waals surface area contributed by atoms with Crippen molar-refractivity contribution in [3.05, 3.63) is 29.8 Å². The molecule has 1 saturated heterocycles. The van der Waals surface area contributed by atoms with Crippen LogP contribution in [0.25, 0.3) is 0 Å². The summed E-state index contributed by atoms with van der Waals surface area (Å²) >= 11 is 0. The van der Waals surface area contributed by atoms with Crippen molar-refractivity contribution in [1.29, 1.82) is 0 Å². The molecule has 2 rings (SSSR count). The Morgan fingerprint density at radius 3 is 2.41 bits per heavy atom. The van der Waals surface area contributed by atoms with Crippen LogP contribution in [0.4, 0.5) is 5.69 Å². The van der Waals surface area contributed by atoms with E-state index in [1.165, 1.54) is 5.56 Å². The van der Waals surface area contributed by atoms with Gasteiger partial charge in [0.2, 0.25) is 6.41 Å². The van der Waals surface area contributed by atoms with Crippen LogP contribution in [-0.2, 0) is 11.3 Å². The minimum atomic E-state index is 0.704. The Kier molecular flexibility index (Phi) is 4.12. The number of carbonyl (C=O) groups is 1. The molecule has 1 aromatic carbocycles. The van der Waals surface area contributed by atoms with Crippen LogP contribution < -0.4 is 5.32 Å². The summed E-state index contributed by atoms with van der Waals surface area (Å²) in [6.45, 7) is 5.54. The summed E-state index contributed by atoms with van der Waals surface area (Å²) in [5.41, 5.74) is 2.15. The molecule has 0 bridgehead atoms. The van der Waals surface area contributed by atoms with E-state index < -0.39 is 0 Å². The fourth-order valence-corrected chi connectivity index (χ4v) is 2.04. The number of likely N-dealkylation sites (N-methyl/N-ethyl adjacent to an activating group) is 1. The summed E-state index contributed by atoms with van der Waals surface area (Å²) in [6, 6.07) is 8.04. The fourth-order valence-electron chi connectivity index (χ4n) is 2.04. The van der Waals surface area contributed by atoms with Crippen molar-refractivity contribution in [3.8, 4) is 0 Å². The van der Waals surface area contributed by atoms with E-state index in [4.69, 9.17) is 0 Å². The van der Waals surface area contributed by atoms with Gasteiger partial charge in [0.1, 0.15) is 0 Å². The van der Waals surface area contributed by atoms with Crippen LogP contribution in [0.15, 0.2) is 24.3 Å². The summed E-state index contributed by atoms with van der Waals surface area (Å²) in [5, 5.41) is 2.64. The summed E-state index contributed by atoms with van der Waals surface area (Å²) in [6.07, 6.45) is 0.704. The normalized spacial score (nSPS) is 17.9. The molecular weight excluding hydrogens is 214 g/mol. The standard InChI is InChI=1S/C13H19N3O/c1-15-6-8-16(9-7-15)10-12-2-4-13(5-3-12)14-11-17/h2-5,11H,6-10H2,1H3,(H,14,17). The lowest BCUT2D eigenvalue weighted by Gasteiger charge is -2.32. The molecule has 0 aliphatic carbocycles.